The predicted octanol–water partition coefficient (Wildman–Crippen LogP) is 3.10. The Hall–Kier alpha value is -2.21. The van der Waals surface area contributed by atoms with Crippen molar-refractivity contribution in [2.75, 3.05) is 5.32 Å². The quantitative estimate of drug-likeness (QED) is 0.903. The lowest BCUT2D eigenvalue weighted by molar-refractivity contribution is 0.0690. The summed E-state index contributed by atoms with van der Waals surface area (Å²) in [4.78, 5) is 26.4. The molecule has 102 valence electrons. The molecule has 2 N–H and O–H groups in total. The van der Waals surface area contributed by atoms with Gasteiger partial charge in [-0.05, 0) is 52.7 Å². The normalized spacial score (nSPS) is 10.1. The van der Waals surface area contributed by atoms with Crippen molar-refractivity contribution >= 4 is 33.5 Å². The van der Waals surface area contributed by atoms with E-state index in [-0.39, 0.29) is 11.6 Å². The van der Waals surface area contributed by atoms with Gasteiger partial charge in [-0.25, -0.2) is 9.78 Å². The fraction of sp³-hybridized carbons (Fsp3) is 0.0714. The Morgan fingerprint density at radius 2 is 2.00 bits per heavy atom. The van der Waals surface area contributed by atoms with Crippen LogP contribution in [-0.4, -0.2) is 22.0 Å². The second-order valence-corrected chi connectivity index (χ2v) is 5.03. The Morgan fingerprint density at radius 1 is 1.25 bits per heavy atom. The van der Waals surface area contributed by atoms with Crippen molar-refractivity contribution in [2.45, 2.75) is 6.92 Å². The van der Waals surface area contributed by atoms with Gasteiger partial charge in [0.2, 0.25) is 0 Å². The van der Waals surface area contributed by atoms with E-state index in [4.69, 9.17) is 5.11 Å². The molecule has 1 heterocycles. The van der Waals surface area contributed by atoms with Crippen LogP contribution in [0, 0.1) is 6.92 Å². The largest absolute Gasteiger partial charge is 0.477 e. The number of pyridine rings is 1. The van der Waals surface area contributed by atoms with Gasteiger partial charge in [-0.2, -0.15) is 0 Å². The molecular weight excluding hydrogens is 324 g/mol. The number of aryl methyl sites for hydroxylation is 1. The number of carboxylic acid groups (broad SMARTS) is 1. The highest BCUT2D eigenvalue weighted by atomic mass is 79.9. The van der Waals surface area contributed by atoms with Gasteiger partial charge in [-0.3, -0.25) is 4.79 Å². The van der Waals surface area contributed by atoms with E-state index in [0.29, 0.717) is 11.3 Å². The highest BCUT2D eigenvalue weighted by Crippen LogP contribution is 2.23. The Morgan fingerprint density at radius 3 is 2.55 bits per heavy atom. The van der Waals surface area contributed by atoms with Crippen LogP contribution in [-0.2, 0) is 0 Å². The minimum Gasteiger partial charge on any atom is -0.477 e. The van der Waals surface area contributed by atoms with Crippen molar-refractivity contribution < 1.29 is 14.7 Å². The fourth-order valence-electron chi connectivity index (χ4n) is 1.57. The minimum atomic E-state index is -1.13. The summed E-state index contributed by atoms with van der Waals surface area (Å²) in [5.74, 6) is -1.47. The first-order valence-corrected chi connectivity index (χ1v) is 6.53. The molecule has 20 heavy (non-hydrogen) atoms. The van der Waals surface area contributed by atoms with Crippen molar-refractivity contribution in [3.05, 3.63) is 57.8 Å². The number of halogens is 1. The first-order valence-electron chi connectivity index (χ1n) is 5.74. The number of benzene rings is 1. The van der Waals surface area contributed by atoms with Crippen LogP contribution >= 0.6 is 15.9 Å². The topological polar surface area (TPSA) is 79.3 Å². The van der Waals surface area contributed by atoms with E-state index in [0.717, 1.165) is 10.0 Å². The van der Waals surface area contributed by atoms with Crippen LogP contribution in [0.3, 0.4) is 0 Å². The van der Waals surface area contributed by atoms with Gasteiger partial charge in [-0.1, -0.05) is 6.07 Å². The summed E-state index contributed by atoms with van der Waals surface area (Å²) in [6.45, 7) is 1.95. The summed E-state index contributed by atoms with van der Waals surface area (Å²) in [6, 6.07) is 8.28. The van der Waals surface area contributed by atoms with Gasteiger partial charge in [0.15, 0.2) is 0 Å². The van der Waals surface area contributed by atoms with Crippen molar-refractivity contribution in [1.82, 2.24) is 4.98 Å². The lowest BCUT2D eigenvalue weighted by atomic mass is 10.2. The van der Waals surface area contributed by atoms with E-state index >= 15 is 0 Å². The number of aromatic nitrogens is 1. The molecule has 2 aromatic rings. The van der Waals surface area contributed by atoms with Crippen molar-refractivity contribution in [3.63, 3.8) is 0 Å². The van der Waals surface area contributed by atoms with Crippen LogP contribution in [0.5, 0.6) is 0 Å². The van der Waals surface area contributed by atoms with Gasteiger partial charge in [0.1, 0.15) is 5.69 Å². The SMILES string of the molecule is Cc1ccc(NC(=O)c2ccc(C(=O)O)nc2)c(Br)c1. The van der Waals surface area contributed by atoms with Crippen LogP contribution in [0.1, 0.15) is 26.4 Å². The van der Waals surface area contributed by atoms with Gasteiger partial charge in [0.05, 0.1) is 11.3 Å². The Labute approximate surface area is 123 Å². The molecule has 0 fully saturated rings. The number of rotatable bonds is 3. The molecule has 0 aliphatic heterocycles. The third kappa shape index (κ3) is 3.21. The van der Waals surface area contributed by atoms with E-state index in [2.05, 4.69) is 26.2 Å². The molecule has 0 aliphatic rings. The maximum atomic E-state index is 12.0. The van der Waals surface area contributed by atoms with Gasteiger partial charge >= 0.3 is 5.97 Å². The summed E-state index contributed by atoms with van der Waals surface area (Å²) < 4.78 is 0.779. The van der Waals surface area contributed by atoms with Gasteiger partial charge in [0.25, 0.3) is 5.91 Å². The van der Waals surface area contributed by atoms with Gasteiger partial charge in [-0.15, -0.1) is 0 Å². The van der Waals surface area contributed by atoms with Crippen molar-refractivity contribution in [2.24, 2.45) is 0 Å². The standard InChI is InChI=1S/C14H11BrN2O3/c1-8-2-4-11(10(15)6-8)17-13(18)9-3-5-12(14(19)20)16-7-9/h2-7H,1H3,(H,17,18)(H,19,20). The number of hydrogen-bond acceptors (Lipinski definition) is 3. The molecule has 1 amide bonds. The molecule has 0 radical (unpaired) electrons. The molecule has 2 rings (SSSR count). The first-order chi connectivity index (χ1) is 9.47. The molecule has 0 aliphatic carbocycles. The van der Waals surface area contributed by atoms with Gasteiger partial charge in [0, 0.05) is 10.7 Å². The highest BCUT2D eigenvalue weighted by Gasteiger charge is 2.10. The van der Waals surface area contributed by atoms with Gasteiger partial charge < -0.3 is 10.4 Å². The Kier molecular flexibility index (Phi) is 4.14. The number of carbonyl (C=O) groups is 2. The van der Waals surface area contributed by atoms with Crippen LogP contribution in [0.2, 0.25) is 0 Å². The second kappa shape index (κ2) is 5.83. The number of amides is 1. The Balaban J connectivity index is 2.17. The van der Waals surface area contributed by atoms with Crippen LogP contribution in [0.15, 0.2) is 41.0 Å². The van der Waals surface area contributed by atoms with Crippen LogP contribution in [0.25, 0.3) is 0 Å². The molecule has 1 aromatic carbocycles. The molecule has 0 saturated heterocycles. The molecular formula is C14H11BrN2O3. The van der Waals surface area contributed by atoms with E-state index in [9.17, 15) is 9.59 Å². The Bertz CT molecular complexity index is 669. The number of carboxylic acids is 1. The van der Waals surface area contributed by atoms with E-state index < -0.39 is 5.97 Å². The summed E-state index contributed by atoms with van der Waals surface area (Å²) in [5.41, 5.74) is 1.91. The molecule has 0 unspecified atom stereocenters. The number of anilines is 1. The van der Waals surface area contributed by atoms with Crippen LogP contribution < -0.4 is 5.32 Å². The second-order valence-electron chi connectivity index (χ2n) is 4.17. The molecule has 1 aromatic heterocycles. The molecule has 0 saturated carbocycles. The number of carbonyl (C=O) groups excluding carboxylic acids is 1. The summed E-state index contributed by atoms with van der Waals surface area (Å²) in [6.07, 6.45) is 1.24. The zero-order chi connectivity index (χ0) is 14.7. The zero-order valence-corrected chi connectivity index (χ0v) is 12.1. The number of aromatic carboxylic acids is 1. The van der Waals surface area contributed by atoms with E-state index in [1.807, 2.05) is 19.1 Å². The minimum absolute atomic E-state index is 0.0990. The lowest BCUT2D eigenvalue weighted by Crippen LogP contribution is -2.13. The summed E-state index contributed by atoms with van der Waals surface area (Å²) >= 11 is 3.37. The van der Waals surface area contributed by atoms with Crippen molar-refractivity contribution in [1.29, 1.82) is 0 Å². The fourth-order valence-corrected chi connectivity index (χ4v) is 2.16. The maximum absolute atomic E-state index is 12.0. The smallest absolute Gasteiger partial charge is 0.354 e. The molecule has 0 spiro atoms. The van der Waals surface area contributed by atoms with E-state index in [1.165, 1.54) is 18.3 Å². The zero-order valence-electron chi connectivity index (χ0n) is 10.6. The average molecular weight is 335 g/mol. The number of hydrogen-bond donors (Lipinski definition) is 2. The van der Waals surface area contributed by atoms with E-state index in [1.54, 1.807) is 6.07 Å². The maximum Gasteiger partial charge on any atom is 0.354 e. The monoisotopic (exact) mass is 334 g/mol. The summed E-state index contributed by atoms with van der Waals surface area (Å²) in [5, 5.41) is 11.5. The third-order valence-electron chi connectivity index (χ3n) is 2.62. The average Bonchev–Trinajstić information content (AvgIpc) is 2.42. The molecule has 6 heteroatoms. The number of nitrogens with one attached hydrogen (secondary N) is 1. The third-order valence-corrected chi connectivity index (χ3v) is 3.27. The lowest BCUT2D eigenvalue weighted by Gasteiger charge is -2.08. The molecule has 0 atom stereocenters. The molecule has 5 nitrogen and oxygen atoms in total. The van der Waals surface area contributed by atoms with Crippen molar-refractivity contribution in [3.8, 4) is 0 Å². The number of nitrogens with zero attached hydrogens (tertiary/aromatic N) is 1. The highest BCUT2D eigenvalue weighted by molar-refractivity contribution is 9.10. The molecule has 0 bridgehead atoms. The van der Waals surface area contributed by atoms with Crippen LogP contribution in [0.4, 0.5) is 5.69 Å². The predicted molar refractivity (Wildman–Crippen MR) is 78.0 cm³/mol. The first kappa shape index (κ1) is 14.2. The summed E-state index contributed by atoms with van der Waals surface area (Å²) in [7, 11) is 0.